The predicted molar refractivity (Wildman–Crippen MR) is 62.4 cm³/mol. The van der Waals surface area contributed by atoms with Gasteiger partial charge in [0.15, 0.2) is 6.17 Å². The standard InChI is InChI=1S/C14H13F3/c1-8-3-5-10(7-12(8)15)11-6-4-9(2)13(16)14(11)17/h3-7,9,13H,1-2H3. The molecule has 0 saturated carbocycles. The van der Waals surface area contributed by atoms with Crippen molar-refractivity contribution in [1.29, 1.82) is 0 Å². The van der Waals surface area contributed by atoms with Crippen LogP contribution in [0.3, 0.4) is 0 Å². The fourth-order valence-corrected chi connectivity index (χ4v) is 1.80. The molecule has 0 nitrogen and oxygen atoms in total. The Morgan fingerprint density at radius 3 is 2.53 bits per heavy atom. The van der Waals surface area contributed by atoms with E-state index in [-0.39, 0.29) is 5.57 Å². The third-order valence-corrected chi connectivity index (χ3v) is 3.01. The second-order valence-corrected chi connectivity index (χ2v) is 4.35. The van der Waals surface area contributed by atoms with Crippen LogP contribution in [-0.2, 0) is 0 Å². The predicted octanol–water partition coefficient (Wildman–Crippen LogP) is 4.36. The van der Waals surface area contributed by atoms with Crippen LogP contribution in [0.2, 0.25) is 0 Å². The van der Waals surface area contributed by atoms with Crippen molar-refractivity contribution in [3.63, 3.8) is 0 Å². The van der Waals surface area contributed by atoms with Crippen LogP contribution in [-0.4, -0.2) is 6.17 Å². The van der Waals surface area contributed by atoms with Gasteiger partial charge < -0.3 is 0 Å². The first-order chi connectivity index (χ1) is 8.00. The Balaban J connectivity index is 2.47. The molecule has 2 atom stereocenters. The number of rotatable bonds is 1. The van der Waals surface area contributed by atoms with Crippen molar-refractivity contribution in [1.82, 2.24) is 0 Å². The highest BCUT2D eigenvalue weighted by Crippen LogP contribution is 2.33. The van der Waals surface area contributed by atoms with Gasteiger partial charge in [0.2, 0.25) is 0 Å². The summed E-state index contributed by atoms with van der Waals surface area (Å²) in [6.45, 7) is 3.23. The number of allylic oxidation sites excluding steroid dienone is 4. The van der Waals surface area contributed by atoms with Crippen LogP contribution in [0.4, 0.5) is 13.2 Å². The lowest BCUT2D eigenvalue weighted by atomic mass is 9.91. The fraction of sp³-hybridized carbons (Fsp3) is 0.286. The molecule has 0 bridgehead atoms. The average molecular weight is 238 g/mol. The molecule has 3 heteroatoms. The van der Waals surface area contributed by atoms with Crippen LogP contribution in [0.25, 0.3) is 5.57 Å². The van der Waals surface area contributed by atoms with E-state index < -0.39 is 23.7 Å². The maximum absolute atomic E-state index is 13.7. The van der Waals surface area contributed by atoms with Crippen LogP contribution in [0, 0.1) is 18.7 Å². The Labute approximate surface area is 98.5 Å². The Kier molecular flexibility index (Phi) is 3.09. The van der Waals surface area contributed by atoms with Crippen molar-refractivity contribution in [2.45, 2.75) is 20.0 Å². The summed E-state index contributed by atoms with van der Waals surface area (Å²) in [5.41, 5.74) is 0.991. The normalized spacial score (nSPS) is 24.3. The minimum Gasteiger partial charge on any atom is -0.239 e. The molecule has 1 aliphatic carbocycles. The van der Waals surface area contributed by atoms with E-state index in [1.165, 1.54) is 12.1 Å². The summed E-state index contributed by atoms with van der Waals surface area (Å²) >= 11 is 0. The molecule has 0 aromatic heterocycles. The highest BCUT2D eigenvalue weighted by molar-refractivity contribution is 5.77. The van der Waals surface area contributed by atoms with Gasteiger partial charge in [0, 0.05) is 11.5 Å². The van der Waals surface area contributed by atoms with E-state index in [9.17, 15) is 13.2 Å². The molecule has 1 aromatic carbocycles. The summed E-state index contributed by atoms with van der Waals surface area (Å²) in [6.07, 6.45) is 1.47. The molecule has 0 fully saturated rings. The maximum atomic E-state index is 13.7. The molecule has 90 valence electrons. The van der Waals surface area contributed by atoms with Crippen LogP contribution in [0.15, 0.2) is 36.2 Å². The van der Waals surface area contributed by atoms with Crippen molar-refractivity contribution in [3.05, 3.63) is 53.1 Å². The minimum absolute atomic E-state index is 0.134. The zero-order chi connectivity index (χ0) is 12.6. The lowest BCUT2D eigenvalue weighted by Gasteiger charge is -2.19. The number of hydrogen-bond donors (Lipinski definition) is 0. The van der Waals surface area contributed by atoms with E-state index in [1.807, 2.05) is 0 Å². The summed E-state index contributed by atoms with van der Waals surface area (Å²) in [5.74, 6) is -1.71. The first-order valence-corrected chi connectivity index (χ1v) is 5.49. The van der Waals surface area contributed by atoms with Crippen molar-refractivity contribution in [2.24, 2.45) is 5.92 Å². The third-order valence-electron chi connectivity index (χ3n) is 3.01. The molecule has 0 radical (unpaired) electrons. The van der Waals surface area contributed by atoms with Crippen LogP contribution < -0.4 is 0 Å². The molecular weight excluding hydrogens is 225 g/mol. The summed E-state index contributed by atoms with van der Waals surface area (Å²) < 4.78 is 40.6. The molecule has 0 heterocycles. The Morgan fingerprint density at radius 1 is 1.18 bits per heavy atom. The van der Waals surface area contributed by atoms with Gasteiger partial charge in [0.05, 0.1) is 0 Å². The summed E-state index contributed by atoms with van der Waals surface area (Å²) in [4.78, 5) is 0. The highest BCUT2D eigenvalue weighted by Gasteiger charge is 2.26. The molecule has 2 unspecified atom stereocenters. The summed E-state index contributed by atoms with van der Waals surface area (Å²) in [5, 5.41) is 0. The molecule has 0 N–H and O–H groups in total. The number of halogens is 3. The van der Waals surface area contributed by atoms with E-state index in [2.05, 4.69) is 0 Å². The van der Waals surface area contributed by atoms with Gasteiger partial charge >= 0.3 is 0 Å². The first kappa shape index (κ1) is 12.0. The number of benzene rings is 1. The first-order valence-electron chi connectivity index (χ1n) is 5.49. The zero-order valence-corrected chi connectivity index (χ0v) is 9.68. The number of alkyl halides is 1. The highest BCUT2D eigenvalue weighted by atomic mass is 19.2. The van der Waals surface area contributed by atoms with Gasteiger partial charge in [0.25, 0.3) is 0 Å². The Hall–Kier alpha value is -1.51. The SMILES string of the molecule is Cc1ccc(C2=C(F)C(F)C(C)C=C2)cc1F. The molecule has 0 aliphatic heterocycles. The molecule has 17 heavy (non-hydrogen) atoms. The third kappa shape index (κ3) is 2.14. The van der Waals surface area contributed by atoms with Gasteiger partial charge in [-0.1, -0.05) is 31.2 Å². The summed E-state index contributed by atoms with van der Waals surface area (Å²) in [7, 11) is 0. The van der Waals surface area contributed by atoms with Crippen LogP contribution in [0.1, 0.15) is 18.1 Å². The van der Waals surface area contributed by atoms with Gasteiger partial charge in [-0.3, -0.25) is 0 Å². The van der Waals surface area contributed by atoms with E-state index >= 15 is 0 Å². The smallest absolute Gasteiger partial charge is 0.158 e. The second-order valence-electron chi connectivity index (χ2n) is 4.35. The topological polar surface area (TPSA) is 0 Å². The molecule has 2 rings (SSSR count). The second kappa shape index (κ2) is 4.40. The largest absolute Gasteiger partial charge is 0.239 e. The average Bonchev–Trinajstić information content (AvgIpc) is 2.30. The Morgan fingerprint density at radius 2 is 1.88 bits per heavy atom. The van der Waals surface area contributed by atoms with Gasteiger partial charge in [-0.15, -0.1) is 0 Å². The quantitative estimate of drug-likeness (QED) is 0.682. The zero-order valence-electron chi connectivity index (χ0n) is 9.68. The van der Waals surface area contributed by atoms with Gasteiger partial charge in [-0.25, -0.2) is 13.2 Å². The molecule has 0 spiro atoms. The van der Waals surface area contributed by atoms with Gasteiger partial charge in [-0.2, -0.15) is 0 Å². The van der Waals surface area contributed by atoms with E-state index in [4.69, 9.17) is 0 Å². The Bertz CT molecular complexity index is 500. The fourth-order valence-electron chi connectivity index (χ4n) is 1.80. The van der Waals surface area contributed by atoms with E-state index in [0.717, 1.165) is 0 Å². The van der Waals surface area contributed by atoms with Crippen molar-refractivity contribution in [3.8, 4) is 0 Å². The van der Waals surface area contributed by atoms with E-state index in [0.29, 0.717) is 11.1 Å². The molecule has 0 saturated heterocycles. The number of hydrogen-bond acceptors (Lipinski definition) is 0. The van der Waals surface area contributed by atoms with Crippen LogP contribution >= 0.6 is 0 Å². The van der Waals surface area contributed by atoms with Crippen LogP contribution in [0.5, 0.6) is 0 Å². The minimum atomic E-state index is -1.64. The van der Waals surface area contributed by atoms with Gasteiger partial charge in [-0.05, 0) is 24.1 Å². The number of aryl methyl sites for hydroxylation is 1. The monoisotopic (exact) mass is 238 g/mol. The summed E-state index contributed by atoms with van der Waals surface area (Å²) in [6, 6.07) is 4.39. The molecule has 1 aromatic rings. The maximum Gasteiger partial charge on any atom is 0.158 e. The molecular formula is C14H13F3. The van der Waals surface area contributed by atoms with Crippen molar-refractivity contribution < 1.29 is 13.2 Å². The van der Waals surface area contributed by atoms with E-state index in [1.54, 1.807) is 32.1 Å². The van der Waals surface area contributed by atoms with Crippen molar-refractivity contribution in [2.75, 3.05) is 0 Å². The molecule has 1 aliphatic rings. The van der Waals surface area contributed by atoms with Gasteiger partial charge in [0.1, 0.15) is 11.6 Å². The lowest BCUT2D eigenvalue weighted by molar-refractivity contribution is 0.274. The molecule has 0 amide bonds. The lowest BCUT2D eigenvalue weighted by Crippen LogP contribution is -2.15. The van der Waals surface area contributed by atoms with Crippen molar-refractivity contribution >= 4 is 5.57 Å².